The summed E-state index contributed by atoms with van der Waals surface area (Å²) in [6, 6.07) is 0. The minimum absolute atomic E-state index is 0.0215. The number of nitrogens with zero attached hydrogens (tertiary/aromatic N) is 5. The van der Waals surface area contributed by atoms with Gasteiger partial charge in [0, 0.05) is 7.05 Å². The van der Waals surface area contributed by atoms with Crippen LogP contribution in [0.25, 0.3) is 16.7 Å². The van der Waals surface area contributed by atoms with Gasteiger partial charge in [0.05, 0.1) is 11.9 Å². The molecular formula is C10H8ClN5O2. The van der Waals surface area contributed by atoms with Gasteiger partial charge in [0.1, 0.15) is 16.6 Å². The van der Waals surface area contributed by atoms with Gasteiger partial charge in [0.15, 0.2) is 10.8 Å². The molecule has 0 bridgehead atoms. The van der Waals surface area contributed by atoms with Crippen LogP contribution < -0.4 is 0 Å². The molecule has 0 aliphatic heterocycles. The van der Waals surface area contributed by atoms with Crippen molar-refractivity contribution in [1.82, 2.24) is 24.4 Å². The molecule has 3 aromatic rings. The number of aromatic nitrogens is 5. The van der Waals surface area contributed by atoms with Crippen molar-refractivity contribution < 1.29 is 9.90 Å². The van der Waals surface area contributed by atoms with Gasteiger partial charge in [-0.3, -0.25) is 0 Å². The maximum absolute atomic E-state index is 11.1. The summed E-state index contributed by atoms with van der Waals surface area (Å²) in [4.78, 5) is 15.3. The normalized spacial score (nSPS) is 11.5. The lowest BCUT2D eigenvalue weighted by Gasteiger charge is -2.01. The summed E-state index contributed by atoms with van der Waals surface area (Å²) in [7, 11) is 1.74. The largest absolute Gasteiger partial charge is 0.478 e. The average molecular weight is 266 g/mol. The Labute approximate surface area is 106 Å². The zero-order chi connectivity index (χ0) is 13.0. The molecule has 0 aliphatic carbocycles. The van der Waals surface area contributed by atoms with E-state index in [9.17, 15) is 4.79 Å². The first-order valence-electron chi connectivity index (χ1n) is 5.10. The van der Waals surface area contributed by atoms with E-state index < -0.39 is 5.97 Å². The Kier molecular flexibility index (Phi) is 2.09. The second kappa shape index (κ2) is 3.42. The lowest BCUT2D eigenvalue weighted by Crippen LogP contribution is -2.01. The molecule has 0 spiro atoms. The van der Waals surface area contributed by atoms with Crippen molar-refractivity contribution in [2.24, 2.45) is 7.05 Å². The third kappa shape index (κ3) is 1.25. The Hall–Kier alpha value is -2.15. The first-order valence-corrected chi connectivity index (χ1v) is 5.48. The molecule has 8 heteroatoms. The molecule has 0 aliphatic rings. The van der Waals surface area contributed by atoms with Gasteiger partial charge in [-0.2, -0.15) is 10.2 Å². The van der Waals surface area contributed by atoms with Crippen LogP contribution in [0.2, 0.25) is 5.15 Å². The predicted molar refractivity (Wildman–Crippen MR) is 64.0 cm³/mol. The van der Waals surface area contributed by atoms with Crippen LogP contribution >= 0.6 is 11.6 Å². The number of aryl methyl sites for hydroxylation is 2. The van der Waals surface area contributed by atoms with Crippen LogP contribution in [0.15, 0.2) is 6.20 Å². The van der Waals surface area contributed by atoms with Gasteiger partial charge in [-0.25, -0.2) is 19.0 Å². The Morgan fingerprint density at radius 2 is 2.22 bits per heavy atom. The molecular weight excluding hydrogens is 258 g/mol. The van der Waals surface area contributed by atoms with E-state index >= 15 is 0 Å². The zero-order valence-electron chi connectivity index (χ0n) is 9.55. The molecule has 92 valence electrons. The highest BCUT2D eigenvalue weighted by Crippen LogP contribution is 2.25. The van der Waals surface area contributed by atoms with Crippen molar-refractivity contribution >= 4 is 34.3 Å². The van der Waals surface area contributed by atoms with Crippen molar-refractivity contribution in [2.45, 2.75) is 6.92 Å². The van der Waals surface area contributed by atoms with E-state index in [0.717, 1.165) is 0 Å². The van der Waals surface area contributed by atoms with E-state index in [1.165, 1.54) is 10.7 Å². The molecule has 0 unspecified atom stereocenters. The molecule has 3 rings (SSSR count). The molecule has 0 amide bonds. The van der Waals surface area contributed by atoms with Crippen molar-refractivity contribution in [3.8, 4) is 0 Å². The number of fused-ring (bicyclic) bond motifs is 3. The minimum Gasteiger partial charge on any atom is -0.478 e. The number of carboxylic acid groups (broad SMARTS) is 1. The summed E-state index contributed by atoms with van der Waals surface area (Å²) in [5, 5.41) is 17.5. The van der Waals surface area contributed by atoms with E-state index in [1.807, 2.05) is 0 Å². The SMILES string of the molecule is Cc1nn(C)c2c1nc(Cl)c1c(C(=O)O)cnn12. The first-order chi connectivity index (χ1) is 8.50. The average Bonchev–Trinajstić information content (AvgIpc) is 2.82. The number of hydrogen-bond donors (Lipinski definition) is 1. The van der Waals surface area contributed by atoms with E-state index in [1.54, 1.807) is 18.7 Å². The molecule has 0 saturated heterocycles. The fourth-order valence-electron chi connectivity index (χ4n) is 2.02. The topological polar surface area (TPSA) is 85.3 Å². The fourth-order valence-corrected chi connectivity index (χ4v) is 2.28. The standard InChI is InChI=1S/C10H8ClN5O2/c1-4-6-9(15(2)14-4)16-7(8(11)13-6)5(3-12-16)10(17)18/h3H,1-2H3,(H,17,18). The molecule has 0 atom stereocenters. The van der Waals surface area contributed by atoms with Gasteiger partial charge in [-0.15, -0.1) is 0 Å². The Bertz CT molecular complexity index is 804. The molecule has 18 heavy (non-hydrogen) atoms. The highest BCUT2D eigenvalue weighted by atomic mass is 35.5. The highest BCUT2D eigenvalue weighted by Gasteiger charge is 2.20. The molecule has 0 aromatic carbocycles. The molecule has 0 radical (unpaired) electrons. The third-order valence-electron chi connectivity index (χ3n) is 2.77. The Morgan fingerprint density at radius 3 is 2.89 bits per heavy atom. The number of aromatic carboxylic acids is 1. The summed E-state index contributed by atoms with van der Waals surface area (Å²) < 4.78 is 3.05. The monoisotopic (exact) mass is 265 g/mol. The second-order valence-corrected chi connectivity index (χ2v) is 4.27. The highest BCUT2D eigenvalue weighted by molar-refractivity contribution is 6.34. The summed E-state index contributed by atoms with van der Waals surface area (Å²) in [6.45, 7) is 1.80. The molecule has 0 fully saturated rings. The fraction of sp³-hybridized carbons (Fsp3) is 0.200. The maximum Gasteiger partial charge on any atom is 0.339 e. The maximum atomic E-state index is 11.1. The number of rotatable bonds is 1. The van der Waals surface area contributed by atoms with Gasteiger partial charge in [-0.05, 0) is 6.92 Å². The number of halogens is 1. The van der Waals surface area contributed by atoms with Crippen molar-refractivity contribution in [3.05, 3.63) is 22.6 Å². The van der Waals surface area contributed by atoms with E-state index in [0.29, 0.717) is 16.9 Å². The quantitative estimate of drug-likeness (QED) is 0.716. The van der Waals surface area contributed by atoms with Crippen molar-refractivity contribution in [1.29, 1.82) is 0 Å². The van der Waals surface area contributed by atoms with Crippen molar-refractivity contribution in [2.75, 3.05) is 0 Å². The van der Waals surface area contributed by atoms with Gasteiger partial charge in [0.25, 0.3) is 0 Å². The lowest BCUT2D eigenvalue weighted by atomic mass is 10.3. The van der Waals surface area contributed by atoms with Crippen LogP contribution in [-0.2, 0) is 7.05 Å². The number of carboxylic acids is 1. The number of hydrogen-bond acceptors (Lipinski definition) is 4. The van der Waals surface area contributed by atoms with Crippen LogP contribution in [0, 0.1) is 6.92 Å². The summed E-state index contributed by atoms with van der Waals surface area (Å²) in [6.07, 6.45) is 1.26. The van der Waals surface area contributed by atoms with Gasteiger partial charge in [-0.1, -0.05) is 11.6 Å². The van der Waals surface area contributed by atoms with Gasteiger partial charge in [0.2, 0.25) is 0 Å². The van der Waals surface area contributed by atoms with E-state index in [-0.39, 0.29) is 16.2 Å². The zero-order valence-corrected chi connectivity index (χ0v) is 10.3. The molecule has 7 nitrogen and oxygen atoms in total. The lowest BCUT2D eigenvalue weighted by molar-refractivity contribution is 0.0699. The Morgan fingerprint density at radius 1 is 1.50 bits per heavy atom. The Balaban J connectivity index is 2.60. The summed E-state index contributed by atoms with van der Waals surface area (Å²) in [5.74, 6) is -1.09. The van der Waals surface area contributed by atoms with Crippen LogP contribution in [0.1, 0.15) is 16.1 Å². The van der Waals surface area contributed by atoms with Crippen LogP contribution in [0.3, 0.4) is 0 Å². The predicted octanol–water partition coefficient (Wildman–Crippen LogP) is 1.28. The summed E-state index contributed by atoms with van der Waals surface area (Å²) >= 11 is 6.04. The molecule has 1 N–H and O–H groups in total. The summed E-state index contributed by atoms with van der Waals surface area (Å²) in [5.41, 5.74) is 2.23. The van der Waals surface area contributed by atoms with Crippen molar-refractivity contribution in [3.63, 3.8) is 0 Å². The second-order valence-electron chi connectivity index (χ2n) is 3.91. The van der Waals surface area contributed by atoms with Gasteiger partial charge >= 0.3 is 5.97 Å². The number of carbonyl (C=O) groups is 1. The van der Waals surface area contributed by atoms with Crippen LogP contribution in [-0.4, -0.2) is 35.5 Å². The minimum atomic E-state index is -1.09. The van der Waals surface area contributed by atoms with Gasteiger partial charge < -0.3 is 5.11 Å². The molecule has 0 saturated carbocycles. The smallest absolute Gasteiger partial charge is 0.339 e. The van der Waals surface area contributed by atoms with Crippen LogP contribution in [0.4, 0.5) is 0 Å². The van der Waals surface area contributed by atoms with E-state index in [2.05, 4.69) is 15.2 Å². The van der Waals surface area contributed by atoms with E-state index in [4.69, 9.17) is 16.7 Å². The molecule has 3 aromatic heterocycles. The third-order valence-corrected chi connectivity index (χ3v) is 3.03. The first kappa shape index (κ1) is 11.0. The molecule has 3 heterocycles. The van der Waals surface area contributed by atoms with Crippen LogP contribution in [0.5, 0.6) is 0 Å².